The molecule has 0 fully saturated rings. The van der Waals surface area contributed by atoms with E-state index in [2.05, 4.69) is 20.1 Å². The molecule has 9 heteroatoms. The van der Waals surface area contributed by atoms with Crippen molar-refractivity contribution in [2.45, 2.75) is 0 Å². The van der Waals surface area contributed by atoms with Gasteiger partial charge in [-0.2, -0.15) is 19.5 Å². The molecule has 0 unspecified atom stereocenters. The molecular weight excluding hydrogens is 303 g/mol. The van der Waals surface area contributed by atoms with E-state index in [4.69, 9.17) is 14.9 Å². The number of furan rings is 1. The van der Waals surface area contributed by atoms with Gasteiger partial charge >= 0.3 is 6.01 Å². The number of hydrogen-bond donors (Lipinski definition) is 1. The predicted molar refractivity (Wildman–Crippen MR) is 77.2 cm³/mol. The van der Waals surface area contributed by atoms with Gasteiger partial charge in [-0.05, 0) is 36.4 Å². The normalized spacial score (nSPS) is 11.0. The Balaban J connectivity index is 1.73. The first-order valence-electron chi connectivity index (χ1n) is 6.56. The number of aromatic nitrogens is 5. The molecule has 1 aromatic carbocycles. The van der Waals surface area contributed by atoms with Gasteiger partial charge in [0, 0.05) is 0 Å². The van der Waals surface area contributed by atoms with E-state index in [0.717, 1.165) is 0 Å². The van der Waals surface area contributed by atoms with Gasteiger partial charge in [-0.3, -0.25) is 0 Å². The van der Waals surface area contributed by atoms with E-state index >= 15 is 0 Å². The van der Waals surface area contributed by atoms with Crippen molar-refractivity contribution in [1.29, 1.82) is 0 Å². The number of nitrogens with two attached hydrogens (primary N) is 1. The molecule has 0 bridgehead atoms. The number of ether oxygens (including phenoxy) is 1. The summed E-state index contributed by atoms with van der Waals surface area (Å²) in [5.74, 6) is 1.08. The summed E-state index contributed by atoms with van der Waals surface area (Å²) in [6, 6.07) is 8.87. The van der Waals surface area contributed by atoms with E-state index in [9.17, 15) is 4.39 Å². The number of benzene rings is 1. The molecule has 0 atom stereocenters. The average molecular weight is 312 g/mol. The summed E-state index contributed by atoms with van der Waals surface area (Å²) in [4.78, 5) is 12.3. The number of nitrogen functional groups attached to an aromatic ring is 1. The molecule has 0 saturated heterocycles. The van der Waals surface area contributed by atoms with Gasteiger partial charge in [0.2, 0.25) is 11.8 Å². The lowest BCUT2D eigenvalue weighted by Gasteiger charge is -2.04. The summed E-state index contributed by atoms with van der Waals surface area (Å²) in [5, 5.41) is 4.17. The maximum absolute atomic E-state index is 12.9. The molecule has 0 spiro atoms. The van der Waals surface area contributed by atoms with E-state index < -0.39 is 0 Å². The summed E-state index contributed by atoms with van der Waals surface area (Å²) in [6.45, 7) is 0. The first-order chi connectivity index (χ1) is 11.2. The van der Waals surface area contributed by atoms with Gasteiger partial charge < -0.3 is 14.9 Å². The average Bonchev–Trinajstić information content (AvgIpc) is 3.18. The molecule has 23 heavy (non-hydrogen) atoms. The lowest BCUT2D eigenvalue weighted by molar-refractivity contribution is 0.440. The largest absolute Gasteiger partial charge is 0.461 e. The fourth-order valence-corrected chi connectivity index (χ4v) is 1.95. The van der Waals surface area contributed by atoms with Gasteiger partial charge in [0.15, 0.2) is 5.76 Å². The number of anilines is 1. The van der Waals surface area contributed by atoms with Crippen molar-refractivity contribution in [2.24, 2.45) is 0 Å². The van der Waals surface area contributed by atoms with Gasteiger partial charge in [0.1, 0.15) is 11.6 Å². The molecular formula is C14H9FN6O2. The highest BCUT2D eigenvalue weighted by Crippen LogP contribution is 2.21. The van der Waals surface area contributed by atoms with Gasteiger partial charge in [-0.1, -0.05) is 0 Å². The van der Waals surface area contributed by atoms with Crippen LogP contribution in [0.5, 0.6) is 11.8 Å². The van der Waals surface area contributed by atoms with Crippen LogP contribution in [0.3, 0.4) is 0 Å². The van der Waals surface area contributed by atoms with E-state index in [1.54, 1.807) is 12.1 Å². The van der Waals surface area contributed by atoms with Crippen molar-refractivity contribution < 1.29 is 13.5 Å². The van der Waals surface area contributed by atoms with Gasteiger partial charge in [-0.25, -0.2) is 4.39 Å². The number of halogens is 1. The van der Waals surface area contributed by atoms with Gasteiger partial charge in [0.25, 0.3) is 5.78 Å². The minimum atomic E-state index is -0.367. The Morgan fingerprint density at radius 3 is 2.65 bits per heavy atom. The Morgan fingerprint density at radius 1 is 1.09 bits per heavy atom. The van der Waals surface area contributed by atoms with Gasteiger partial charge in [-0.15, -0.1) is 5.10 Å². The molecule has 114 valence electrons. The zero-order chi connectivity index (χ0) is 15.8. The molecule has 0 aliphatic heterocycles. The van der Waals surface area contributed by atoms with Crippen LogP contribution in [0.25, 0.3) is 17.4 Å². The lowest BCUT2D eigenvalue weighted by atomic mass is 10.3. The third kappa shape index (κ3) is 2.44. The van der Waals surface area contributed by atoms with Gasteiger partial charge in [0.05, 0.1) is 6.26 Å². The van der Waals surface area contributed by atoms with Crippen molar-refractivity contribution in [3.05, 3.63) is 48.5 Å². The quantitative estimate of drug-likeness (QED) is 0.618. The molecule has 0 saturated carbocycles. The van der Waals surface area contributed by atoms with E-state index in [-0.39, 0.29) is 23.6 Å². The molecule has 0 radical (unpaired) electrons. The summed E-state index contributed by atoms with van der Waals surface area (Å²) in [6.07, 6.45) is 1.51. The molecule has 3 aromatic heterocycles. The molecule has 3 heterocycles. The van der Waals surface area contributed by atoms with Crippen LogP contribution in [-0.2, 0) is 0 Å². The SMILES string of the molecule is Nc1nc(Oc2ccc(F)cc2)nc2nc(-c3ccco3)nn12. The fourth-order valence-electron chi connectivity index (χ4n) is 1.95. The van der Waals surface area contributed by atoms with Crippen LogP contribution in [0.4, 0.5) is 10.3 Å². The minimum absolute atomic E-state index is 0.0139. The highest BCUT2D eigenvalue weighted by atomic mass is 19.1. The van der Waals surface area contributed by atoms with Crippen molar-refractivity contribution in [3.63, 3.8) is 0 Å². The lowest BCUT2D eigenvalue weighted by Crippen LogP contribution is -2.05. The monoisotopic (exact) mass is 312 g/mol. The van der Waals surface area contributed by atoms with Crippen molar-refractivity contribution in [1.82, 2.24) is 24.6 Å². The minimum Gasteiger partial charge on any atom is -0.461 e. The van der Waals surface area contributed by atoms with Crippen LogP contribution in [0.15, 0.2) is 47.1 Å². The Labute approximate surface area is 128 Å². The molecule has 8 nitrogen and oxygen atoms in total. The summed E-state index contributed by atoms with van der Waals surface area (Å²) in [7, 11) is 0. The highest BCUT2D eigenvalue weighted by molar-refractivity contribution is 5.51. The molecule has 2 N–H and O–H groups in total. The maximum atomic E-state index is 12.9. The van der Waals surface area contributed by atoms with Crippen LogP contribution < -0.4 is 10.5 Å². The predicted octanol–water partition coefficient (Wildman–Crippen LogP) is 2.29. The standard InChI is InChI=1S/C14H9FN6O2/c15-8-3-5-9(6-4-8)23-14-18-12(16)21-13(19-14)17-11(20-21)10-2-1-7-22-10/h1-7H,(H2,16,17,18,19,20). The van der Waals surface area contributed by atoms with Crippen LogP contribution in [-0.4, -0.2) is 24.6 Å². The summed E-state index contributed by atoms with van der Waals surface area (Å²) >= 11 is 0. The number of nitrogens with zero attached hydrogens (tertiary/aromatic N) is 5. The molecule has 0 aliphatic rings. The van der Waals surface area contributed by atoms with Crippen molar-refractivity contribution in [2.75, 3.05) is 5.73 Å². The second-order valence-corrected chi connectivity index (χ2v) is 4.54. The zero-order valence-corrected chi connectivity index (χ0v) is 11.5. The Bertz CT molecular complexity index is 965. The smallest absolute Gasteiger partial charge is 0.328 e. The molecule has 4 aromatic rings. The number of fused-ring (bicyclic) bond motifs is 1. The highest BCUT2D eigenvalue weighted by Gasteiger charge is 2.14. The molecule has 0 amide bonds. The number of hydrogen-bond acceptors (Lipinski definition) is 7. The van der Waals surface area contributed by atoms with Crippen molar-refractivity contribution in [3.8, 4) is 23.3 Å². The Morgan fingerprint density at radius 2 is 1.91 bits per heavy atom. The molecule has 4 rings (SSSR count). The van der Waals surface area contributed by atoms with Crippen LogP contribution in [0.1, 0.15) is 0 Å². The number of rotatable bonds is 3. The van der Waals surface area contributed by atoms with Crippen molar-refractivity contribution >= 4 is 11.7 Å². The van der Waals surface area contributed by atoms with Crippen LogP contribution >= 0.6 is 0 Å². The first-order valence-corrected chi connectivity index (χ1v) is 6.56. The molecule has 0 aliphatic carbocycles. The Hall–Kier alpha value is -3.49. The third-order valence-electron chi connectivity index (χ3n) is 2.98. The van der Waals surface area contributed by atoms with E-state index in [0.29, 0.717) is 17.3 Å². The maximum Gasteiger partial charge on any atom is 0.328 e. The van der Waals surface area contributed by atoms with E-state index in [1.165, 1.54) is 35.0 Å². The van der Waals surface area contributed by atoms with Crippen LogP contribution in [0.2, 0.25) is 0 Å². The first kappa shape index (κ1) is 13.2. The second-order valence-electron chi connectivity index (χ2n) is 4.54. The third-order valence-corrected chi connectivity index (χ3v) is 2.98. The second kappa shape index (κ2) is 5.05. The summed E-state index contributed by atoms with van der Waals surface area (Å²) in [5.41, 5.74) is 5.84. The topological polar surface area (TPSA) is 104 Å². The Kier molecular flexibility index (Phi) is 2.90. The van der Waals surface area contributed by atoms with E-state index in [1.807, 2.05) is 0 Å². The van der Waals surface area contributed by atoms with Crippen LogP contribution in [0, 0.1) is 5.82 Å². The zero-order valence-electron chi connectivity index (χ0n) is 11.5. The fraction of sp³-hybridized carbons (Fsp3) is 0. The summed E-state index contributed by atoms with van der Waals surface area (Å²) < 4.78 is 24.9.